The van der Waals surface area contributed by atoms with Gasteiger partial charge in [0.25, 0.3) is 0 Å². The van der Waals surface area contributed by atoms with E-state index in [0.29, 0.717) is 30.8 Å². The van der Waals surface area contributed by atoms with Gasteiger partial charge in [-0.2, -0.15) is 0 Å². The van der Waals surface area contributed by atoms with Gasteiger partial charge >= 0.3 is 6.03 Å². The molecule has 2 aromatic rings. The molecular weight excluding hydrogens is 380 g/mol. The zero-order chi connectivity index (χ0) is 21.7. The fraction of sp³-hybridized carbons (Fsp3) is 0.348. The Kier molecular flexibility index (Phi) is 6.72. The molecule has 1 aliphatic heterocycles. The minimum atomic E-state index is -0.582. The Labute approximate surface area is 176 Å². The van der Waals surface area contributed by atoms with E-state index in [4.69, 9.17) is 0 Å². The number of carbonyl (C=O) groups is 3. The molecule has 0 fully saturated rings. The van der Waals surface area contributed by atoms with Gasteiger partial charge in [0.15, 0.2) is 0 Å². The Morgan fingerprint density at radius 1 is 1.00 bits per heavy atom. The number of carbonyl (C=O) groups excluding carboxylic acids is 3. The third-order valence-corrected chi connectivity index (χ3v) is 5.07. The van der Waals surface area contributed by atoms with Crippen LogP contribution in [0.5, 0.6) is 0 Å². The second-order valence-corrected chi connectivity index (χ2v) is 7.88. The van der Waals surface area contributed by atoms with E-state index in [1.54, 1.807) is 29.2 Å². The second-order valence-electron chi connectivity index (χ2n) is 7.88. The first-order valence-electron chi connectivity index (χ1n) is 10.1. The molecule has 3 N–H and O–H groups in total. The predicted molar refractivity (Wildman–Crippen MR) is 117 cm³/mol. The first kappa shape index (κ1) is 21.4. The van der Waals surface area contributed by atoms with Crippen LogP contribution in [0.15, 0.2) is 48.5 Å². The van der Waals surface area contributed by atoms with E-state index in [1.807, 2.05) is 38.1 Å². The monoisotopic (exact) mass is 408 g/mol. The van der Waals surface area contributed by atoms with Gasteiger partial charge in [0.05, 0.1) is 0 Å². The molecule has 30 heavy (non-hydrogen) atoms. The molecule has 1 aliphatic rings. The van der Waals surface area contributed by atoms with E-state index in [-0.39, 0.29) is 23.8 Å². The van der Waals surface area contributed by atoms with Crippen molar-refractivity contribution in [2.75, 3.05) is 17.7 Å². The lowest BCUT2D eigenvalue weighted by atomic mass is 9.92. The largest absolute Gasteiger partial charge is 0.341 e. The van der Waals surface area contributed by atoms with E-state index in [2.05, 4.69) is 16.0 Å². The van der Waals surface area contributed by atoms with Crippen LogP contribution in [0.1, 0.15) is 31.4 Å². The Morgan fingerprint density at radius 3 is 2.33 bits per heavy atom. The molecule has 2 aromatic carbocycles. The van der Waals surface area contributed by atoms with Crippen molar-refractivity contribution in [3.05, 3.63) is 59.7 Å². The maximum atomic E-state index is 13.2. The Hall–Kier alpha value is -3.35. The van der Waals surface area contributed by atoms with Gasteiger partial charge in [0.1, 0.15) is 6.04 Å². The van der Waals surface area contributed by atoms with Crippen molar-refractivity contribution >= 4 is 29.2 Å². The highest BCUT2D eigenvalue weighted by Crippen LogP contribution is 2.26. The molecule has 1 atom stereocenters. The summed E-state index contributed by atoms with van der Waals surface area (Å²) in [6.45, 7) is 4.42. The van der Waals surface area contributed by atoms with Crippen LogP contribution in [0, 0.1) is 5.92 Å². The maximum absolute atomic E-state index is 13.2. The summed E-state index contributed by atoms with van der Waals surface area (Å²) in [5.74, 6) is -0.0424. The molecular formula is C23H28N4O3. The third kappa shape index (κ3) is 5.17. The van der Waals surface area contributed by atoms with E-state index in [9.17, 15) is 14.4 Å². The van der Waals surface area contributed by atoms with Gasteiger partial charge in [-0.3, -0.25) is 9.59 Å². The molecule has 7 heteroatoms. The minimum absolute atomic E-state index is 0.0188. The lowest BCUT2D eigenvalue weighted by molar-refractivity contribution is -0.140. The van der Waals surface area contributed by atoms with Crippen LogP contribution < -0.4 is 16.0 Å². The maximum Gasteiger partial charge on any atom is 0.318 e. The summed E-state index contributed by atoms with van der Waals surface area (Å²) in [5.41, 5.74) is 3.29. The van der Waals surface area contributed by atoms with Gasteiger partial charge in [0.2, 0.25) is 11.8 Å². The Bertz CT molecular complexity index is 942. The highest BCUT2D eigenvalue weighted by Gasteiger charge is 2.34. The number of urea groups is 1. The first-order chi connectivity index (χ1) is 14.4. The van der Waals surface area contributed by atoms with Crippen LogP contribution in [0.3, 0.4) is 0 Å². The van der Waals surface area contributed by atoms with Crippen molar-refractivity contribution < 1.29 is 14.4 Å². The van der Waals surface area contributed by atoms with Gasteiger partial charge in [-0.1, -0.05) is 44.2 Å². The summed E-state index contributed by atoms with van der Waals surface area (Å²) in [5, 5.41) is 8.08. The van der Waals surface area contributed by atoms with Crippen molar-refractivity contribution in [3.8, 4) is 0 Å². The molecule has 3 rings (SSSR count). The van der Waals surface area contributed by atoms with Crippen molar-refractivity contribution in [1.82, 2.24) is 10.2 Å². The number of fused-ring (bicyclic) bond motifs is 1. The van der Waals surface area contributed by atoms with Gasteiger partial charge in [-0.25, -0.2) is 4.79 Å². The summed E-state index contributed by atoms with van der Waals surface area (Å²) in [6.07, 6.45) is 0.875. The Morgan fingerprint density at radius 2 is 1.67 bits per heavy atom. The number of nitrogens with zero attached hydrogens (tertiary/aromatic N) is 1. The van der Waals surface area contributed by atoms with Crippen LogP contribution in [0.25, 0.3) is 0 Å². The Balaban J connectivity index is 1.80. The predicted octanol–water partition coefficient (Wildman–Crippen LogP) is 3.38. The molecule has 7 nitrogen and oxygen atoms in total. The fourth-order valence-corrected chi connectivity index (χ4v) is 3.58. The normalized spacial score (nSPS) is 15.3. The van der Waals surface area contributed by atoms with Gasteiger partial charge in [-0.05, 0) is 35.2 Å². The molecule has 0 spiro atoms. The SMILES string of the molecule is CNC(=O)Nc1cccc(NC(=O)C2Cc3ccccc3CN2C(=O)CC(C)C)c1. The van der Waals surface area contributed by atoms with Gasteiger partial charge in [0, 0.05) is 37.8 Å². The number of rotatable bonds is 5. The number of benzene rings is 2. The molecule has 158 valence electrons. The molecule has 1 heterocycles. The summed E-state index contributed by atoms with van der Waals surface area (Å²) >= 11 is 0. The van der Waals surface area contributed by atoms with Gasteiger partial charge < -0.3 is 20.9 Å². The number of hydrogen-bond acceptors (Lipinski definition) is 3. The lowest BCUT2D eigenvalue weighted by Gasteiger charge is -2.36. The number of nitrogens with one attached hydrogen (secondary N) is 3. The number of anilines is 2. The second kappa shape index (κ2) is 9.43. The molecule has 0 saturated carbocycles. The summed E-state index contributed by atoms with van der Waals surface area (Å²) in [7, 11) is 1.53. The van der Waals surface area contributed by atoms with Crippen LogP contribution >= 0.6 is 0 Å². The molecule has 0 aromatic heterocycles. The summed E-state index contributed by atoms with van der Waals surface area (Å²) < 4.78 is 0. The van der Waals surface area contributed by atoms with Gasteiger partial charge in [-0.15, -0.1) is 0 Å². The van der Waals surface area contributed by atoms with Crippen LogP contribution in [0.4, 0.5) is 16.2 Å². The quantitative estimate of drug-likeness (QED) is 0.708. The number of hydrogen-bond donors (Lipinski definition) is 3. The van der Waals surface area contributed by atoms with E-state index < -0.39 is 6.04 Å². The average molecular weight is 409 g/mol. The van der Waals surface area contributed by atoms with Crippen molar-refractivity contribution in [3.63, 3.8) is 0 Å². The number of amides is 4. The van der Waals surface area contributed by atoms with E-state index in [0.717, 1.165) is 11.1 Å². The molecule has 0 saturated heterocycles. The van der Waals surface area contributed by atoms with E-state index in [1.165, 1.54) is 7.05 Å². The highest BCUT2D eigenvalue weighted by atomic mass is 16.2. The molecule has 0 bridgehead atoms. The highest BCUT2D eigenvalue weighted by molar-refractivity contribution is 5.98. The topological polar surface area (TPSA) is 90.5 Å². The van der Waals surface area contributed by atoms with Crippen LogP contribution in [0.2, 0.25) is 0 Å². The van der Waals surface area contributed by atoms with Crippen molar-refractivity contribution in [1.29, 1.82) is 0 Å². The third-order valence-electron chi connectivity index (χ3n) is 5.07. The fourth-order valence-electron chi connectivity index (χ4n) is 3.58. The smallest absolute Gasteiger partial charge is 0.318 e. The lowest BCUT2D eigenvalue weighted by Crippen LogP contribution is -2.50. The molecule has 0 aliphatic carbocycles. The minimum Gasteiger partial charge on any atom is -0.341 e. The molecule has 4 amide bonds. The zero-order valence-corrected chi connectivity index (χ0v) is 17.6. The van der Waals surface area contributed by atoms with Crippen LogP contribution in [-0.4, -0.2) is 35.8 Å². The van der Waals surface area contributed by atoms with Crippen LogP contribution in [-0.2, 0) is 22.6 Å². The zero-order valence-electron chi connectivity index (χ0n) is 17.6. The van der Waals surface area contributed by atoms with E-state index >= 15 is 0 Å². The molecule has 0 radical (unpaired) electrons. The first-order valence-corrected chi connectivity index (χ1v) is 10.1. The average Bonchev–Trinajstić information content (AvgIpc) is 2.72. The summed E-state index contributed by atoms with van der Waals surface area (Å²) in [6, 6.07) is 13.9. The summed E-state index contributed by atoms with van der Waals surface area (Å²) in [4.78, 5) is 39.3. The molecule has 1 unspecified atom stereocenters. The van der Waals surface area contributed by atoms with Crippen molar-refractivity contribution in [2.24, 2.45) is 5.92 Å². The van der Waals surface area contributed by atoms with Crippen molar-refractivity contribution in [2.45, 2.75) is 39.3 Å². The standard InChI is InChI=1S/C23H28N4O3/c1-15(2)11-21(28)27-14-17-8-5-4-7-16(17)12-20(27)22(29)25-18-9-6-10-19(13-18)26-23(30)24-3/h4-10,13,15,20H,11-12,14H2,1-3H3,(H,25,29)(H2,24,26,30).